The Bertz CT molecular complexity index is 809. The Balaban J connectivity index is 1.66. The van der Waals surface area contributed by atoms with Crippen LogP contribution in [0.5, 0.6) is 0 Å². The van der Waals surface area contributed by atoms with Crippen molar-refractivity contribution in [3.8, 4) is 0 Å². The van der Waals surface area contributed by atoms with Crippen LogP contribution in [0.15, 0.2) is 40.9 Å². The molecule has 1 atom stereocenters. The third-order valence-corrected chi connectivity index (χ3v) is 4.87. The van der Waals surface area contributed by atoms with Crippen LogP contribution in [-0.2, 0) is 19.1 Å². The summed E-state index contributed by atoms with van der Waals surface area (Å²) >= 11 is 1.09. The van der Waals surface area contributed by atoms with E-state index in [0.717, 1.165) is 17.3 Å². The number of amides is 2. The van der Waals surface area contributed by atoms with E-state index in [1.165, 1.54) is 4.90 Å². The number of carbonyl (C=O) groups excluding carboxylic acids is 3. The number of thioether (sulfide) groups is 1. The van der Waals surface area contributed by atoms with Gasteiger partial charge in [-0.2, -0.15) is 0 Å². The van der Waals surface area contributed by atoms with E-state index in [-0.39, 0.29) is 36.0 Å². The van der Waals surface area contributed by atoms with Gasteiger partial charge in [-0.3, -0.25) is 14.4 Å². The van der Waals surface area contributed by atoms with Crippen LogP contribution in [-0.4, -0.2) is 53.0 Å². The molecule has 2 rings (SSSR count). The number of hydrogen-bond donors (Lipinski definition) is 1. The van der Waals surface area contributed by atoms with Gasteiger partial charge < -0.3 is 19.5 Å². The van der Waals surface area contributed by atoms with Crippen molar-refractivity contribution >= 4 is 35.4 Å². The van der Waals surface area contributed by atoms with Crippen LogP contribution >= 0.6 is 11.8 Å². The molecule has 0 unspecified atom stereocenters. The van der Waals surface area contributed by atoms with Gasteiger partial charge in [-0.15, -0.1) is 11.8 Å². The molecule has 0 spiro atoms. The standard InChI is InChI=1S/C19H23N3O5S/c1-13-9-16(21-27-13)20-17(23)11-28-12-19(25)26-10-18(24)22(3)14(2)15-7-5-4-6-8-15/h4-9,14H,10-12H2,1-3H3,(H,20,21,23)/t14-/m0/s1. The number of likely N-dealkylation sites (N-methyl/N-ethyl adjacent to an activating group) is 1. The zero-order valence-corrected chi connectivity index (χ0v) is 16.8. The summed E-state index contributed by atoms with van der Waals surface area (Å²) in [6.45, 7) is 3.28. The number of nitrogens with one attached hydrogen (secondary N) is 1. The van der Waals surface area contributed by atoms with Gasteiger partial charge in [0, 0.05) is 13.1 Å². The normalized spacial score (nSPS) is 11.5. The molecule has 2 aromatic rings. The molecule has 0 aliphatic heterocycles. The highest BCUT2D eigenvalue weighted by molar-refractivity contribution is 8.00. The monoisotopic (exact) mass is 405 g/mol. The SMILES string of the molecule is Cc1cc(NC(=O)CSCC(=O)OCC(=O)N(C)[C@@H](C)c2ccccc2)no1. The number of esters is 1. The Hall–Kier alpha value is -2.81. The molecule has 150 valence electrons. The number of benzene rings is 1. The largest absolute Gasteiger partial charge is 0.455 e. The Morgan fingerprint density at radius 1 is 1.25 bits per heavy atom. The molecule has 0 aliphatic rings. The second-order valence-electron chi connectivity index (χ2n) is 6.12. The Kier molecular flexibility index (Phi) is 8.06. The highest BCUT2D eigenvalue weighted by Gasteiger charge is 2.18. The molecule has 9 heteroatoms. The van der Waals surface area contributed by atoms with Crippen molar-refractivity contribution in [1.82, 2.24) is 10.1 Å². The highest BCUT2D eigenvalue weighted by Crippen LogP contribution is 2.18. The first-order chi connectivity index (χ1) is 13.4. The van der Waals surface area contributed by atoms with Crippen molar-refractivity contribution in [2.24, 2.45) is 0 Å². The van der Waals surface area contributed by atoms with E-state index >= 15 is 0 Å². The fourth-order valence-corrected chi connectivity index (χ4v) is 2.90. The van der Waals surface area contributed by atoms with E-state index in [1.807, 2.05) is 37.3 Å². The number of aryl methyl sites for hydroxylation is 1. The smallest absolute Gasteiger partial charge is 0.316 e. The van der Waals surface area contributed by atoms with Crippen LogP contribution in [0.25, 0.3) is 0 Å². The lowest BCUT2D eigenvalue weighted by molar-refractivity contribution is -0.150. The zero-order chi connectivity index (χ0) is 20.5. The summed E-state index contributed by atoms with van der Waals surface area (Å²) in [7, 11) is 1.67. The van der Waals surface area contributed by atoms with E-state index in [0.29, 0.717) is 11.6 Å². The van der Waals surface area contributed by atoms with Gasteiger partial charge in [0.2, 0.25) is 5.91 Å². The molecular formula is C19H23N3O5S. The summed E-state index contributed by atoms with van der Waals surface area (Å²) in [5.41, 5.74) is 0.994. The van der Waals surface area contributed by atoms with E-state index in [9.17, 15) is 14.4 Å². The average molecular weight is 405 g/mol. The van der Waals surface area contributed by atoms with E-state index < -0.39 is 5.97 Å². The summed E-state index contributed by atoms with van der Waals surface area (Å²) in [4.78, 5) is 37.3. The van der Waals surface area contributed by atoms with Gasteiger partial charge in [0.15, 0.2) is 12.4 Å². The highest BCUT2D eigenvalue weighted by atomic mass is 32.2. The van der Waals surface area contributed by atoms with Gasteiger partial charge in [0.05, 0.1) is 17.5 Å². The fourth-order valence-electron chi connectivity index (χ4n) is 2.29. The molecule has 0 saturated heterocycles. The number of carbonyl (C=O) groups is 3. The maximum atomic E-state index is 12.2. The van der Waals surface area contributed by atoms with E-state index in [4.69, 9.17) is 9.26 Å². The lowest BCUT2D eigenvalue weighted by Gasteiger charge is -2.25. The molecule has 1 heterocycles. The minimum absolute atomic E-state index is 0.0313. The second-order valence-corrected chi connectivity index (χ2v) is 7.10. The molecule has 1 N–H and O–H groups in total. The lowest BCUT2D eigenvalue weighted by atomic mass is 10.1. The number of ether oxygens (including phenoxy) is 1. The van der Waals surface area contributed by atoms with Crippen LogP contribution in [0.4, 0.5) is 5.82 Å². The zero-order valence-electron chi connectivity index (χ0n) is 16.0. The van der Waals surface area contributed by atoms with Crippen molar-refractivity contribution < 1.29 is 23.6 Å². The van der Waals surface area contributed by atoms with Crippen LogP contribution in [0, 0.1) is 6.92 Å². The van der Waals surface area contributed by atoms with Crippen LogP contribution < -0.4 is 5.32 Å². The minimum Gasteiger partial charge on any atom is -0.455 e. The predicted octanol–water partition coefficient (Wildman–Crippen LogP) is 2.42. The van der Waals surface area contributed by atoms with E-state index in [1.54, 1.807) is 20.0 Å². The van der Waals surface area contributed by atoms with E-state index in [2.05, 4.69) is 10.5 Å². The van der Waals surface area contributed by atoms with Crippen molar-refractivity contribution in [1.29, 1.82) is 0 Å². The van der Waals surface area contributed by atoms with Gasteiger partial charge in [-0.25, -0.2) is 0 Å². The Morgan fingerprint density at radius 2 is 1.96 bits per heavy atom. The molecular weight excluding hydrogens is 382 g/mol. The summed E-state index contributed by atoms with van der Waals surface area (Å²) < 4.78 is 9.85. The Morgan fingerprint density at radius 3 is 2.61 bits per heavy atom. The van der Waals surface area contributed by atoms with Crippen molar-refractivity contribution in [2.75, 3.05) is 30.5 Å². The van der Waals surface area contributed by atoms with Crippen LogP contribution in [0.2, 0.25) is 0 Å². The number of hydrogen-bond acceptors (Lipinski definition) is 7. The lowest BCUT2D eigenvalue weighted by Crippen LogP contribution is -2.33. The third-order valence-electron chi connectivity index (χ3n) is 3.96. The first kappa shape index (κ1) is 21.5. The molecule has 2 amide bonds. The fraction of sp³-hybridized carbons (Fsp3) is 0.368. The third kappa shape index (κ3) is 6.73. The number of aromatic nitrogens is 1. The van der Waals surface area contributed by atoms with Crippen molar-refractivity contribution in [2.45, 2.75) is 19.9 Å². The van der Waals surface area contributed by atoms with Crippen molar-refractivity contribution in [3.63, 3.8) is 0 Å². The van der Waals surface area contributed by atoms with Gasteiger partial charge in [-0.1, -0.05) is 35.5 Å². The summed E-state index contributed by atoms with van der Waals surface area (Å²) in [5.74, 6) is -0.220. The molecule has 1 aromatic heterocycles. The molecule has 0 bridgehead atoms. The summed E-state index contributed by atoms with van der Waals surface area (Å²) in [6.07, 6.45) is 0. The number of anilines is 1. The molecule has 1 aromatic carbocycles. The molecule has 0 aliphatic carbocycles. The minimum atomic E-state index is -0.552. The molecule has 0 radical (unpaired) electrons. The summed E-state index contributed by atoms with van der Waals surface area (Å²) in [5, 5.41) is 6.20. The quantitative estimate of drug-likeness (QED) is 0.639. The predicted molar refractivity (Wildman–Crippen MR) is 106 cm³/mol. The summed E-state index contributed by atoms with van der Waals surface area (Å²) in [6, 6.07) is 11.0. The molecule has 28 heavy (non-hydrogen) atoms. The van der Waals surface area contributed by atoms with Crippen LogP contribution in [0.3, 0.4) is 0 Å². The number of rotatable bonds is 9. The number of nitrogens with zero attached hydrogens (tertiary/aromatic N) is 2. The second kappa shape index (κ2) is 10.5. The van der Waals surface area contributed by atoms with Crippen LogP contribution in [0.1, 0.15) is 24.3 Å². The van der Waals surface area contributed by atoms with Gasteiger partial charge in [0.1, 0.15) is 5.76 Å². The van der Waals surface area contributed by atoms with Gasteiger partial charge in [0.25, 0.3) is 5.91 Å². The average Bonchev–Trinajstić information content (AvgIpc) is 3.10. The molecule has 8 nitrogen and oxygen atoms in total. The van der Waals surface area contributed by atoms with Crippen molar-refractivity contribution in [3.05, 3.63) is 47.7 Å². The molecule has 0 saturated carbocycles. The first-order valence-corrected chi connectivity index (χ1v) is 9.79. The van der Waals surface area contributed by atoms with Gasteiger partial charge >= 0.3 is 5.97 Å². The Labute approximate surface area is 167 Å². The maximum Gasteiger partial charge on any atom is 0.316 e. The molecule has 0 fully saturated rings. The first-order valence-electron chi connectivity index (χ1n) is 8.64. The maximum absolute atomic E-state index is 12.2. The topological polar surface area (TPSA) is 102 Å². The van der Waals surface area contributed by atoms with Gasteiger partial charge in [-0.05, 0) is 19.4 Å².